The summed E-state index contributed by atoms with van der Waals surface area (Å²) in [6.07, 6.45) is 12.7. The molecule has 11 heteroatoms. The van der Waals surface area contributed by atoms with Gasteiger partial charge in [-0.3, -0.25) is 14.5 Å². The van der Waals surface area contributed by atoms with Crippen LogP contribution < -0.4 is 14.5 Å². The number of hydrogen-bond acceptors (Lipinski definition) is 7. The Labute approximate surface area is 246 Å². The van der Waals surface area contributed by atoms with Crippen LogP contribution in [0.3, 0.4) is 0 Å². The van der Waals surface area contributed by atoms with Crippen LogP contribution in [0.4, 0.5) is 21.6 Å². The standard InChI is InChI=1S/C31H37FN6O3S/c1-36-27-19-33-25-17-24(32)22(16-23(25)28(27)31(30(36)39)9-6-10-31)20-15-26(35-42(2,40)41)29(34-18-20)38-13-7-21(8-14-38)37-11-4-3-5-12-37/h15-19,21,35H,3-14H2,1-2H3. The lowest BCUT2D eigenvalue weighted by atomic mass is 9.64. The largest absolute Gasteiger partial charge is 0.355 e. The molecule has 0 unspecified atom stereocenters. The first kappa shape index (κ1) is 27.5. The van der Waals surface area contributed by atoms with Gasteiger partial charge >= 0.3 is 0 Å². The maximum absolute atomic E-state index is 15.6. The molecule has 5 heterocycles. The minimum Gasteiger partial charge on any atom is -0.355 e. The smallest absolute Gasteiger partial charge is 0.237 e. The van der Waals surface area contributed by atoms with Crippen LogP contribution in [0.1, 0.15) is 56.9 Å². The highest BCUT2D eigenvalue weighted by atomic mass is 32.2. The molecule has 3 aliphatic heterocycles. The van der Waals surface area contributed by atoms with E-state index in [1.165, 1.54) is 25.3 Å². The third-order valence-corrected chi connectivity index (χ3v) is 10.4. The number of likely N-dealkylation sites (tertiary alicyclic amines) is 1. The summed E-state index contributed by atoms with van der Waals surface area (Å²) in [5, 5.41) is 0.753. The molecular weight excluding hydrogens is 555 g/mol. The van der Waals surface area contributed by atoms with Crippen LogP contribution in [-0.2, 0) is 20.2 Å². The molecule has 1 N–H and O–H groups in total. The number of rotatable bonds is 5. The molecule has 0 atom stereocenters. The third-order valence-electron chi connectivity index (χ3n) is 9.84. The number of carbonyl (C=O) groups excluding carboxylic acids is 1. The van der Waals surface area contributed by atoms with Crippen LogP contribution in [0.25, 0.3) is 22.0 Å². The number of aromatic nitrogens is 2. The van der Waals surface area contributed by atoms with Crippen molar-refractivity contribution in [2.45, 2.75) is 62.8 Å². The molecular formula is C31H37FN6O3S. The summed E-state index contributed by atoms with van der Waals surface area (Å²) in [4.78, 5) is 28.8. The zero-order valence-corrected chi connectivity index (χ0v) is 25.0. The molecule has 1 aromatic carbocycles. The summed E-state index contributed by atoms with van der Waals surface area (Å²) in [7, 11) is -1.84. The second-order valence-corrected chi connectivity index (χ2v) is 14.2. The van der Waals surface area contributed by atoms with Gasteiger partial charge in [-0.25, -0.2) is 17.8 Å². The van der Waals surface area contributed by atoms with Crippen LogP contribution in [0.5, 0.6) is 0 Å². The topological polar surface area (TPSA) is 98.7 Å². The molecule has 7 rings (SSSR count). The zero-order valence-electron chi connectivity index (χ0n) is 24.2. The molecule has 0 bridgehead atoms. The van der Waals surface area contributed by atoms with Crippen LogP contribution >= 0.6 is 0 Å². The number of anilines is 3. The molecule has 3 aromatic rings. The lowest BCUT2D eigenvalue weighted by molar-refractivity contribution is -0.125. The van der Waals surface area contributed by atoms with E-state index in [1.54, 1.807) is 36.5 Å². The van der Waals surface area contributed by atoms with Crippen molar-refractivity contribution in [2.24, 2.45) is 0 Å². The normalized spacial score (nSPS) is 21.2. The number of nitrogens with zero attached hydrogens (tertiary/aromatic N) is 5. The zero-order chi connectivity index (χ0) is 29.2. The molecule has 4 aliphatic rings. The van der Waals surface area contributed by atoms with E-state index in [9.17, 15) is 13.2 Å². The Kier molecular flexibility index (Phi) is 6.65. The molecule has 1 saturated carbocycles. The molecule has 1 spiro atoms. The summed E-state index contributed by atoms with van der Waals surface area (Å²) < 4.78 is 43.1. The lowest BCUT2D eigenvalue weighted by Crippen LogP contribution is -2.47. The predicted octanol–water partition coefficient (Wildman–Crippen LogP) is 4.66. The molecule has 3 fully saturated rings. The van der Waals surface area contributed by atoms with E-state index in [1.807, 2.05) is 0 Å². The van der Waals surface area contributed by atoms with E-state index in [4.69, 9.17) is 4.98 Å². The Hall–Kier alpha value is -3.31. The van der Waals surface area contributed by atoms with Gasteiger partial charge in [0.15, 0.2) is 5.82 Å². The number of nitrogens with one attached hydrogen (secondary N) is 1. The number of likely N-dealkylation sites (N-methyl/N-ethyl adjacent to an activating group) is 1. The van der Waals surface area contributed by atoms with Gasteiger partial charge in [-0.1, -0.05) is 12.8 Å². The van der Waals surface area contributed by atoms with Gasteiger partial charge in [-0.15, -0.1) is 0 Å². The Balaban J connectivity index is 1.26. The first-order valence-corrected chi connectivity index (χ1v) is 16.9. The van der Waals surface area contributed by atoms with E-state index in [0.29, 0.717) is 34.2 Å². The van der Waals surface area contributed by atoms with Crippen molar-refractivity contribution in [3.05, 3.63) is 42.0 Å². The highest BCUT2D eigenvalue weighted by Crippen LogP contribution is 2.55. The number of piperidine rings is 2. The van der Waals surface area contributed by atoms with Crippen LogP contribution in [0.2, 0.25) is 0 Å². The fourth-order valence-electron chi connectivity index (χ4n) is 7.57. The van der Waals surface area contributed by atoms with Gasteiger partial charge in [0, 0.05) is 60.5 Å². The fourth-order valence-corrected chi connectivity index (χ4v) is 8.12. The molecule has 2 saturated heterocycles. The number of halogens is 1. The number of amides is 1. The van der Waals surface area contributed by atoms with Crippen molar-refractivity contribution < 1.29 is 17.6 Å². The number of sulfonamides is 1. The van der Waals surface area contributed by atoms with Crippen LogP contribution in [-0.4, -0.2) is 74.7 Å². The summed E-state index contributed by atoms with van der Waals surface area (Å²) in [5.74, 6) is 0.154. The molecule has 42 heavy (non-hydrogen) atoms. The highest BCUT2D eigenvalue weighted by molar-refractivity contribution is 7.92. The van der Waals surface area contributed by atoms with Crippen LogP contribution in [0.15, 0.2) is 30.6 Å². The van der Waals surface area contributed by atoms with Crippen molar-refractivity contribution in [3.63, 3.8) is 0 Å². The maximum Gasteiger partial charge on any atom is 0.237 e. The second kappa shape index (κ2) is 10.2. The van der Waals surface area contributed by atoms with Crippen molar-refractivity contribution in [1.82, 2.24) is 14.9 Å². The van der Waals surface area contributed by atoms with Crippen LogP contribution in [0, 0.1) is 5.82 Å². The number of benzene rings is 1. The maximum atomic E-state index is 15.6. The SMILES string of the molecule is CN1C(=O)C2(CCC2)c2c1cnc1cc(F)c(-c3cnc(N4CCC(N5CCCCC5)CC4)c(NS(C)(=O)=O)c3)cc21. The van der Waals surface area contributed by atoms with E-state index in [0.717, 1.165) is 81.2 Å². The first-order valence-electron chi connectivity index (χ1n) is 15.0. The average Bonchev–Trinajstić information content (AvgIpc) is 3.19. The molecule has 1 aliphatic carbocycles. The minimum absolute atomic E-state index is 0.0682. The summed E-state index contributed by atoms with van der Waals surface area (Å²) in [5.41, 5.74) is 2.71. The molecule has 1 amide bonds. The highest BCUT2D eigenvalue weighted by Gasteiger charge is 2.54. The van der Waals surface area contributed by atoms with E-state index >= 15 is 4.39 Å². The first-order chi connectivity index (χ1) is 20.1. The number of carbonyl (C=O) groups is 1. The summed E-state index contributed by atoms with van der Waals surface area (Å²) >= 11 is 0. The van der Waals surface area contributed by atoms with E-state index in [-0.39, 0.29) is 5.91 Å². The molecule has 9 nitrogen and oxygen atoms in total. The van der Waals surface area contributed by atoms with E-state index in [2.05, 4.69) is 19.5 Å². The lowest BCUT2D eigenvalue weighted by Gasteiger charge is -2.41. The number of fused-ring (bicyclic) bond motifs is 4. The monoisotopic (exact) mass is 592 g/mol. The van der Waals surface area contributed by atoms with Crippen molar-refractivity contribution in [3.8, 4) is 11.1 Å². The number of pyridine rings is 2. The van der Waals surface area contributed by atoms with Gasteiger partial charge in [-0.2, -0.15) is 0 Å². The van der Waals surface area contributed by atoms with Gasteiger partial charge in [0.2, 0.25) is 15.9 Å². The summed E-state index contributed by atoms with van der Waals surface area (Å²) in [6.45, 7) is 3.86. The van der Waals surface area contributed by atoms with Gasteiger partial charge < -0.3 is 14.7 Å². The Morgan fingerprint density at radius 3 is 2.38 bits per heavy atom. The van der Waals surface area contributed by atoms with Crippen molar-refractivity contribution >= 4 is 44.0 Å². The van der Waals surface area contributed by atoms with Crippen molar-refractivity contribution in [2.75, 3.05) is 54.0 Å². The second-order valence-electron chi connectivity index (χ2n) is 12.5. The van der Waals surface area contributed by atoms with Gasteiger partial charge in [-0.05, 0) is 63.7 Å². The molecule has 2 aromatic heterocycles. The predicted molar refractivity (Wildman–Crippen MR) is 163 cm³/mol. The minimum atomic E-state index is -3.61. The van der Waals surface area contributed by atoms with E-state index < -0.39 is 21.3 Å². The van der Waals surface area contributed by atoms with Gasteiger partial charge in [0.05, 0.1) is 34.8 Å². The number of hydrogen-bond donors (Lipinski definition) is 1. The Morgan fingerprint density at radius 2 is 1.71 bits per heavy atom. The quantitative estimate of drug-likeness (QED) is 0.460. The third kappa shape index (κ3) is 4.52. The Morgan fingerprint density at radius 1 is 0.976 bits per heavy atom. The Bertz CT molecular complexity index is 1680. The van der Waals surface area contributed by atoms with Crippen molar-refractivity contribution in [1.29, 1.82) is 0 Å². The average molecular weight is 593 g/mol. The van der Waals surface area contributed by atoms with Gasteiger partial charge in [0.25, 0.3) is 0 Å². The van der Waals surface area contributed by atoms with Gasteiger partial charge in [0.1, 0.15) is 5.82 Å². The molecule has 222 valence electrons. The molecule has 0 radical (unpaired) electrons. The summed E-state index contributed by atoms with van der Waals surface area (Å²) in [6, 6.07) is 5.38. The fraction of sp³-hybridized carbons (Fsp3) is 0.516.